The molecule has 6 nitrogen and oxygen atoms in total. The van der Waals surface area contributed by atoms with Gasteiger partial charge in [-0.1, -0.05) is 6.07 Å². The van der Waals surface area contributed by atoms with Crippen LogP contribution in [0.4, 0.5) is 0 Å². The number of nitrogens with two attached hydrogens (primary N) is 1. The van der Waals surface area contributed by atoms with E-state index < -0.39 is 11.9 Å². The molecular weight excluding hydrogens is 373 g/mol. The van der Waals surface area contributed by atoms with Gasteiger partial charge in [-0.25, -0.2) is 4.98 Å². The van der Waals surface area contributed by atoms with Gasteiger partial charge < -0.3 is 10.5 Å². The van der Waals surface area contributed by atoms with Gasteiger partial charge in [0.2, 0.25) is 5.91 Å². The molecular formula is C13H12IN3O3. The molecule has 2 aromatic rings. The van der Waals surface area contributed by atoms with Crippen LogP contribution in [-0.2, 0) is 9.59 Å². The van der Waals surface area contributed by atoms with Crippen LogP contribution in [-0.4, -0.2) is 21.7 Å². The largest absolute Gasteiger partial charge is 0.370 e. The molecule has 2 rings (SSSR count). The fourth-order valence-corrected chi connectivity index (χ4v) is 2.65. The molecule has 104 valence electrons. The van der Waals surface area contributed by atoms with Gasteiger partial charge in [0, 0.05) is 9.99 Å². The first kappa shape index (κ1) is 14.6. The second-order valence-electron chi connectivity index (χ2n) is 4.30. The molecule has 1 heterocycles. The summed E-state index contributed by atoms with van der Waals surface area (Å²) in [7, 11) is 0. The highest BCUT2D eigenvalue weighted by Crippen LogP contribution is 2.16. The molecule has 0 saturated heterocycles. The maximum Gasteiger partial charge on any atom is 0.262 e. The summed E-state index contributed by atoms with van der Waals surface area (Å²) < 4.78 is 2.02. The Bertz CT molecular complexity index is 726. The van der Waals surface area contributed by atoms with E-state index in [0.29, 0.717) is 17.2 Å². The lowest BCUT2D eigenvalue weighted by atomic mass is 10.1. The molecule has 1 aromatic carbocycles. The molecule has 0 fully saturated rings. The number of carbonyl (C=O) groups excluding carboxylic acids is 2. The smallest absolute Gasteiger partial charge is 0.262 e. The van der Waals surface area contributed by atoms with Gasteiger partial charge in [-0.2, -0.15) is 0 Å². The first-order valence-electron chi connectivity index (χ1n) is 5.93. The number of hydrogen-bond acceptors (Lipinski definition) is 4. The molecule has 0 radical (unpaired) electrons. The van der Waals surface area contributed by atoms with E-state index >= 15 is 0 Å². The quantitative estimate of drug-likeness (QED) is 0.614. The lowest BCUT2D eigenvalue weighted by Gasteiger charge is -2.13. The van der Waals surface area contributed by atoms with Gasteiger partial charge >= 0.3 is 0 Å². The fraction of sp³-hybridized carbons (Fsp3) is 0.231. The van der Waals surface area contributed by atoms with Crippen molar-refractivity contribution in [1.82, 2.24) is 9.55 Å². The summed E-state index contributed by atoms with van der Waals surface area (Å²) in [4.78, 5) is 38.6. The molecule has 0 spiro atoms. The predicted octanol–water partition coefficient (Wildman–Crippen LogP) is 1.01. The summed E-state index contributed by atoms with van der Waals surface area (Å²) in [6, 6.07) is 4.62. The summed E-state index contributed by atoms with van der Waals surface area (Å²) in [5.41, 5.74) is 5.36. The van der Waals surface area contributed by atoms with Crippen molar-refractivity contribution >= 4 is 45.7 Å². The van der Waals surface area contributed by atoms with Gasteiger partial charge in [-0.3, -0.25) is 14.2 Å². The van der Waals surface area contributed by atoms with E-state index in [2.05, 4.69) is 27.6 Å². The summed E-state index contributed by atoms with van der Waals surface area (Å²) in [5.74, 6) is -0.506. The van der Waals surface area contributed by atoms with Crippen molar-refractivity contribution in [2.45, 2.75) is 18.9 Å². The minimum Gasteiger partial charge on any atom is -0.370 e. The molecule has 20 heavy (non-hydrogen) atoms. The number of aromatic nitrogens is 2. The predicted molar refractivity (Wildman–Crippen MR) is 82.2 cm³/mol. The Kier molecular flexibility index (Phi) is 4.48. The zero-order chi connectivity index (χ0) is 14.7. The van der Waals surface area contributed by atoms with E-state index in [-0.39, 0.29) is 18.4 Å². The van der Waals surface area contributed by atoms with Crippen LogP contribution < -0.4 is 11.3 Å². The van der Waals surface area contributed by atoms with Crippen LogP contribution >= 0.6 is 22.6 Å². The van der Waals surface area contributed by atoms with E-state index in [9.17, 15) is 14.4 Å². The Balaban J connectivity index is 2.51. The van der Waals surface area contributed by atoms with Crippen LogP contribution in [0.2, 0.25) is 0 Å². The molecule has 0 aliphatic rings. The van der Waals surface area contributed by atoms with Gasteiger partial charge in [0.15, 0.2) is 0 Å². The topological polar surface area (TPSA) is 95.1 Å². The second-order valence-corrected chi connectivity index (χ2v) is 5.46. The molecule has 1 atom stereocenters. The lowest BCUT2D eigenvalue weighted by Crippen LogP contribution is -2.27. The molecule has 1 amide bonds. The summed E-state index contributed by atoms with van der Waals surface area (Å²) >= 11 is 2.05. The molecule has 2 N–H and O–H groups in total. The summed E-state index contributed by atoms with van der Waals surface area (Å²) in [6.45, 7) is 0. The summed E-state index contributed by atoms with van der Waals surface area (Å²) in [5, 5.41) is 0.474. The average Bonchev–Trinajstić information content (AvgIpc) is 2.41. The van der Waals surface area contributed by atoms with Gasteiger partial charge in [-0.05, 0) is 41.1 Å². The highest BCUT2D eigenvalue weighted by molar-refractivity contribution is 14.1. The standard InChI is InChI=1S/C13H12IN3O3/c14-9-2-1-3-10-12(9)13(20)17(7-16-10)8(6-18)4-5-11(15)19/h1-3,6-8H,4-5H2,(H2,15,19). The Morgan fingerprint density at radius 3 is 2.90 bits per heavy atom. The minimum absolute atomic E-state index is 0.0414. The van der Waals surface area contributed by atoms with Gasteiger partial charge in [-0.15, -0.1) is 0 Å². The number of hydrogen-bond donors (Lipinski definition) is 1. The SMILES string of the molecule is NC(=O)CCC(C=O)n1cnc2cccc(I)c2c1=O. The first-order chi connectivity index (χ1) is 9.54. The van der Waals surface area contributed by atoms with Crippen molar-refractivity contribution in [3.63, 3.8) is 0 Å². The summed E-state index contributed by atoms with van der Waals surface area (Å²) in [6.07, 6.45) is 2.20. The van der Waals surface area contributed by atoms with Crippen molar-refractivity contribution < 1.29 is 9.59 Å². The Morgan fingerprint density at radius 2 is 2.25 bits per heavy atom. The maximum atomic E-state index is 12.4. The van der Waals surface area contributed by atoms with Gasteiger partial charge in [0.1, 0.15) is 6.29 Å². The van der Waals surface area contributed by atoms with Crippen LogP contribution in [0.25, 0.3) is 10.9 Å². The monoisotopic (exact) mass is 385 g/mol. The lowest BCUT2D eigenvalue weighted by molar-refractivity contribution is -0.118. The van der Waals surface area contributed by atoms with Crippen molar-refractivity contribution in [3.05, 3.63) is 38.5 Å². The number of aldehydes is 1. The number of benzene rings is 1. The molecule has 1 aromatic heterocycles. The van der Waals surface area contributed by atoms with E-state index in [1.54, 1.807) is 12.1 Å². The van der Waals surface area contributed by atoms with E-state index in [4.69, 9.17) is 5.73 Å². The van der Waals surface area contributed by atoms with Crippen molar-refractivity contribution in [3.8, 4) is 0 Å². The molecule has 7 heteroatoms. The molecule has 0 bridgehead atoms. The molecule has 1 unspecified atom stereocenters. The number of primary amides is 1. The third kappa shape index (κ3) is 2.87. The van der Waals surface area contributed by atoms with Crippen LogP contribution in [0, 0.1) is 3.57 Å². The third-order valence-corrected chi connectivity index (χ3v) is 3.86. The maximum absolute atomic E-state index is 12.4. The van der Waals surface area contributed by atoms with Gasteiger partial charge in [0.05, 0.1) is 23.3 Å². The van der Waals surface area contributed by atoms with Crippen molar-refractivity contribution in [1.29, 1.82) is 0 Å². The van der Waals surface area contributed by atoms with Crippen LogP contribution in [0.3, 0.4) is 0 Å². The second kappa shape index (κ2) is 6.12. The fourth-order valence-electron chi connectivity index (χ4n) is 1.94. The number of rotatable bonds is 5. The normalized spacial score (nSPS) is 12.2. The van der Waals surface area contributed by atoms with Crippen molar-refractivity contribution in [2.75, 3.05) is 0 Å². The number of carbonyl (C=O) groups is 2. The zero-order valence-electron chi connectivity index (χ0n) is 10.5. The van der Waals surface area contributed by atoms with Crippen LogP contribution in [0.5, 0.6) is 0 Å². The van der Waals surface area contributed by atoms with Crippen LogP contribution in [0.1, 0.15) is 18.9 Å². The van der Waals surface area contributed by atoms with E-state index in [1.807, 2.05) is 6.07 Å². The van der Waals surface area contributed by atoms with Crippen LogP contribution in [0.15, 0.2) is 29.3 Å². The molecule has 0 aliphatic heterocycles. The Morgan fingerprint density at radius 1 is 1.50 bits per heavy atom. The Hall–Kier alpha value is -1.77. The first-order valence-corrected chi connectivity index (χ1v) is 7.01. The van der Waals surface area contributed by atoms with Crippen molar-refractivity contribution in [2.24, 2.45) is 5.73 Å². The Labute approximate surface area is 128 Å². The number of fused-ring (bicyclic) bond motifs is 1. The zero-order valence-corrected chi connectivity index (χ0v) is 12.6. The highest BCUT2D eigenvalue weighted by atomic mass is 127. The molecule has 0 aliphatic carbocycles. The molecule has 0 saturated carbocycles. The number of amides is 1. The average molecular weight is 385 g/mol. The van der Waals surface area contributed by atoms with E-state index in [0.717, 1.165) is 3.57 Å². The third-order valence-electron chi connectivity index (χ3n) is 2.96. The van der Waals surface area contributed by atoms with Gasteiger partial charge in [0.25, 0.3) is 5.56 Å². The number of halogens is 1. The highest BCUT2D eigenvalue weighted by Gasteiger charge is 2.15. The van der Waals surface area contributed by atoms with E-state index in [1.165, 1.54) is 10.9 Å². The number of nitrogens with zero attached hydrogens (tertiary/aromatic N) is 2. The minimum atomic E-state index is -0.733.